The minimum atomic E-state index is -0.680. The molecule has 39 heavy (non-hydrogen) atoms. The molecule has 232 valence electrons. The Hall–Kier alpha value is -1.38. The summed E-state index contributed by atoms with van der Waals surface area (Å²) in [5, 5.41) is 0. The first-order valence-corrected chi connectivity index (χ1v) is 15.8. The van der Waals surface area contributed by atoms with E-state index >= 15 is 0 Å². The average molecular weight is 560 g/mol. The minimum Gasteiger partial charge on any atom is -0.465 e. The quantitative estimate of drug-likeness (QED) is 0.0553. The molecule has 0 aromatic rings. The van der Waals surface area contributed by atoms with Crippen molar-refractivity contribution in [3.63, 3.8) is 0 Å². The highest BCUT2D eigenvalue weighted by Crippen LogP contribution is 2.12. The van der Waals surface area contributed by atoms with E-state index in [9.17, 15) is 9.59 Å². The molecule has 0 radical (unpaired) electrons. The molecule has 0 aromatic carbocycles. The van der Waals surface area contributed by atoms with Crippen molar-refractivity contribution in [3.8, 4) is 0 Å². The number of esters is 1. The lowest BCUT2D eigenvalue weighted by molar-refractivity contribution is -0.160. The summed E-state index contributed by atoms with van der Waals surface area (Å²) in [5.41, 5.74) is 0. The first-order chi connectivity index (χ1) is 18.9. The molecule has 0 aromatic heterocycles. The van der Waals surface area contributed by atoms with Crippen molar-refractivity contribution in [2.24, 2.45) is 5.92 Å². The van der Waals surface area contributed by atoms with E-state index in [4.69, 9.17) is 23.7 Å². The molecule has 1 unspecified atom stereocenters. The number of nitrogens with zero attached hydrogens (tertiary/aromatic N) is 1. The second-order valence-electron chi connectivity index (χ2n) is 10.7. The lowest BCUT2D eigenvalue weighted by Crippen LogP contribution is -2.23. The monoisotopic (exact) mass is 559 g/mol. The van der Waals surface area contributed by atoms with Crippen LogP contribution < -0.4 is 0 Å². The van der Waals surface area contributed by atoms with Gasteiger partial charge in [0, 0.05) is 32.1 Å². The van der Waals surface area contributed by atoms with E-state index in [2.05, 4.69) is 25.7 Å². The van der Waals surface area contributed by atoms with E-state index in [0.717, 1.165) is 45.2 Å². The van der Waals surface area contributed by atoms with Gasteiger partial charge in [-0.15, -0.1) is 0 Å². The third-order valence-corrected chi connectivity index (χ3v) is 6.65. The van der Waals surface area contributed by atoms with Crippen molar-refractivity contribution in [1.29, 1.82) is 0 Å². The Morgan fingerprint density at radius 1 is 0.667 bits per heavy atom. The van der Waals surface area contributed by atoms with E-state index < -0.39 is 6.16 Å². The summed E-state index contributed by atoms with van der Waals surface area (Å²) < 4.78 is 27.6. The number of unbranched alkanes of at least 4 members (excludes halogenated alkanes) is 10. The standard InChI is InChI=1S/C31H61NO7/c1-6-9-11-13-15-17-23-35-30(36-24-18-16-14-12-10-7-2)21-20-29(33)38-26-28(4)27-39-31(34)37-25-19-22-32(5)8-3/h28,30H,6-27H2,1-5H3. The van der Waals surface area contributed by atoms with Gasteiger partial charge in [-0.25, -0.2) is 4.79 Å². The average Bonchev–Trinajstić information content (AvgIpc) is 2.94. The van der Waals surface area contributed by atoms with Crippen molar-refractivity contribution < 1.29 is 33.3 Å². The lowest BCUT2D eigenvalue weighted by Gasteiger charge is -2.19. The molecular formula is C31H61NO7. The Morgan fingerprint density at radius 2 is 1.21 bits per heavy atom. The predicted octanol–water partition coefficient (Wildman–Crippen LogP) is 7.52. The summed E-state index contributed by atoms with van der Waals surface area (Å²) >= 11 is 0. The number of rotatable bonds is 28. The Morgan fingerprint density at radius 3 is 1.77 bits per heavy atom. The zero-order valence-corrected chi connectivity index (χ0v) is 26.0. The molecule has 0 bridgehead atoms. The molecule has 0 aliphatic rings. The highest BCUT2D eigenvalue weighted by atomic mass is 16.7. The van der Waals surface area contributed by atoms with Crippen LogP contribution in [-0.4, -0.2) is 76.5 Å². The first-order valence-electron chi connectivity index (χ1n) is 15.8. The van der Waals surface area contributed by atoms with Gasteiger partial charge in [-0.3, -0.25) is 4.79 Å². The fourth-order valence-electron chi connectivity index (χ4n) is 3.90. The fraction of sp³-hybridized carbons (Fsp3) is 0.935. The van der Waals surface area contributed by atoms with E-state index in [-0.39, 0.29) is 37.8 Å². The summed E-state index contributed by atoms with van der Waals surface area (Å²) in [4.78, 5) is 26.2. The molecule has 0 aliphatic heterocycles. The maximum absolute atomic E-state index is 12.3. The Labute approximate surface area is 239 Å². The third kappa shape index (κ3) is 26.6. The van der Waals surface area contributed by atoms with Crippen LogP contribution in [0.4, 0.5) is 4.79 Å². The lowest BCUT2D eigenvalue weighted by atomic mass is 10.1. The van der Waals surface area contributed by atoms with Crippen LogP contribution in [0.3, 0.4) is 0 Å². The van der Waals surface area contributed by atoms with Gasteiger partial charge in [-0.05, 0) is 32.9 Å². The number of carbonyl (C=O) groups is 2. The SMILES string of the molecule is CCCCCCCCOC(CCC(=O)OCC(C)COC(=O)OCCCN(C)CC)OCCCCCCCC. The molecule has 0 heterocycles. The van der Waals surface area contributed by atoms with Crippen LogP contribution >= 0.6 is 0 Å². The molecule has 0 saturated carbocycles. The predicted molar refractivity (Wildman–Crippen MR) is 157 cm³/mol. The largest absolute Gasteiger partial charge is 0.508 e. The summed E-state index contributed by atoms with van der Waals surface area (Å²) in [7, 11) is 2.02. The maximum atomic E-state index is 12.3. The molecule has 0 saturated heterocycles. The zero-order chi connectivity index (χ0) is 29.0. The van der Waals surface area contributed by atoms with Gasteiger partial charge in [0.25, 0.3) is 0 Å². The van der Waals surface area contributed by atoms with E-state index in [1.165, 1.54) is 51.4 Å². The van der Waals surface area contributed by atoms with Crippen LogP contribution in [-0.2, 0) is 28.5 Å². The number of hydrogen-bond donors (Lipinski definition) is 0. The van der Waals surface area contributed by atoms with Gasteiger partial charge < -0.3 is 28.6 Å². The molecule has 0 amide bonds. The molecule has 1 atom stereocenters. The molecule has 0 spiro atoms. The van der Waals surface area contributed by atoms with Gasteiger partial charge in [0.1, 0.15) is 6.61 Å². The van der Waals surface area contributed by atoms with Gasteiger partial charge in [0.05, 0.1) is 19.6 Å². The van der Waals surface area contributed by atoms with Crippen LogP contribution in [0.5, 0.6) is 0 Å². The molecule has 0 N–H and O–H groups in total. The molecule has 0 aliphatic carbocycles. The van der Waals surface area contributed by atoms with Crippen molar-refractivity contribution in [2.75, 3.05) is 53.2 Å². The summed E-state index contributed by atoms with van der Waals surface area (Å²) in [6.07, 6.45) is 14.9. The van der Waals surface area contributed by atoms with Crippen molar-refractivity contribution in [1.82, 2.24) is 4.90 Å². The second kappa shape index (κ2) is 28.2. The second-order valence-corrected chi connectivity index (χ2v) is 10.7. The Kier molecular flexibility index (Phi) is 27.2. The highest BCUT2D eigenvalue weighted by Gasteiger charge is 2.15. The normalized spacial score (nSPS) is 12.2. The molecule has 0 fully saturated rings. The smallest absolute Gasteiger partial charge is 0.465 e. The van der Waals surface area contributed by atoms with Gasteiger partial charge in [-0.2, -0.15) is 0 Å². The van der Waals surface area contributed by atoms with Crippen molar-refractivity contribution in [3.05, 3.63) is 0 Å². The minimum absolute atomic E-state index is 0.114. The number of carbonyl (C=O) groups excluding carboxylic acids is 2. The number of ether oxygens (including phenoxy) is 5. The Bertz CT molecular complexity index is 543. The Balaban J connectivity index is 4.16. The zero-order valence-electron chi connectivity index (χ0n) is 26.0. The molecular weight excluding hydrogens is 498 g/mol. The van der Waals surface area contributed by atoms with Crippen LogP contribution in [0.15, 0.2) is 0 Å². The fourth-order valence-corrected chi connectivity index (χ4v) is 3.90. The van der Waals surface area contributed by atoms with E-state index in [0.29, 0.717) is 26.2 Å². The molecule has 8 heteroatoms. The van der Waals surface area contributed by atoms with Gasteiger partial charge in [0.15, 0.2) is 6.29 Å². The van der Waals surface area contributed by atoms with E-state index in [1.807, 2.05) is 14.0 Å². The van der Waals surface area contributed by atoms with Gasteiger partial charge in [-0.1, -0.05) is 91.9 Å². The van der Waals surface area contributed by atoms with Gasteiger partial charge in [0.2, 0.25) is 0 Å². The van der Waals surface area contributed by atoms with Crippen molar-refractivity contribution >= 4 is 12.1 Å². The summed E-state index contributed by atoms with van der Waals surface area (Å²) in [6.45, 7) is 12.2. The number of hydrogen-bond acceptors (Lipinski definition) is 8. The first kappa shape index (κ1) is 37.6. The molecule has 8 nitrogen and oxygen atoms in total. The van der Waals surface area contributed by atoms with Crippen LogP contribution in [0.1, 0.15) is 124 Å². The van der Waals surface area contributed by atoms with E-state index in [1.54, 1.807) is 0 Å². The van der Waals surface area contributed by atoms with Gasteiger partial charge >= 0.3 is 12.1 Å². The maximum Gasteiger partial charge on any atom is 0.508 e. The summed E-state index contributed by atoms with van der Waals surface area (Å²) in [6, 6.07) is 0. The third-order valence-electron chi connectivity index (χ3n) is 6.65. The van der Waals surface area contributed by atoms with Crippen LogP contribution in [0.2, 0.25) is 0 Å². The molecule has 0 rings (SSSR count). The van der Waals surface area contributed by atoms with Crippen LogP contribution in [0, 0.1) is 5.92 Å². The summed E-state index contributed by atoms with van der Waals surface area (Å²) in [5.74, 6) is -0.405. The topological polar surface area (TPSA) is 83.5 Å². The highest BCUT2D eigenvalue weighted by molar-refractivity contribution is 5.69. The van der Waals surface area contributed by atoms with Crippen LogP contribution in [0.25, 0.3) is 0 Å². The van der Waals surface area contributed by atoms with Crippen molar-refractivity contribution in [2.45, 2.75) is 130 Å².